The van der Waals surface area contributed by atoms with E-state index in [2.05, 4.69) is 10.1 Å². The minimum absolute atomic E-state index is 0.167. The number of ether oxygens (including phenoxy) is 1. The lowest BCUT2D eigenvalue weighted by molar-refractivity contribution is -0.325. The van der Waals surface area contributed by atoms with E-state index in [9.17, 15) is 13.2 Å². The van der Waals surface area contributed by atoms with Gasteiger partial charge in [-0.05, 0) is 5.56 Å². The Bertz CT molecular complexity index is 383. The van der Waals surface area contributed by atoms with E-state index in [4.69, 9.17) is 0 Å². The molecule has 0 bridgehead atoms. The summed E-state index contributed by atoms with van der Waals surface area (Å²) in [5.74, 6) is 0. The normalized spacial score (nSPS) is 21.5. The van der Waals surface area contributed by atoms with Crippen LogP contribution in [0.2, 0.25) is 0 Å². The molecule has 0 aromatic heterocycles. The third kappa shape index (κ3) is 4.81. The van der Waals surface area contributed by atoms with Crippen LogP contribution in [0.1, 0.15) is 11.6 Å². The van der Waals surface area contributed by atoms with Crippen molar-refractivity contribution in [1.82, 2.24) is 10.2 Å². The Morgan fingerprint density at radius 3 is 2.68 bits per heavy atom. The molecule has 19 heavy (non-hydrogen) atoms. The summed E-state index contributed by atoms with van der Waals surface area (Å²) >= 11 is 0. The predicted molar refractivity (Wildman–Crippen MR) is 65.6 cm³/mol. The highest BCUT2D eigenvalue weighted by Crippen LogP contribution is 2.18. The zero-order valence-electron chi connectivity index (χ0n) is 10.5. The molecule has 1 aromatic carbocycles. The van der Waals surface area contributed by atoms with Crippen LogP contribution in [0.5, 0.6) is 0 Å². The Balaban J connectivity index is 1.81. The van der Waals surface area contributed by atoms with Gasteiger partial charge in [-0.1, -0.05) is 30.3 Å². The fraction of sp³-hybridized carbons (Fsp3) is 0.538. The second-order valence-corrected chi connectivity index (χ2v) is 4.51. The third-order valence-electron chi connectivity index (χ3n) is 3.13. The summed E-state index contributed by atoms with van der Waals surface area (Å²) in [5.41, 5.74) is 1.16. The number of nitrogens with zero attached hydrogens (tertiary/aromatic N) is 1. The van der Waals surface area contributed by atoms with Gasteiger partial charge in [-0.25, -0.2) is 0 Å². The van der Waals surface area contributed by atoms with Crippen molar-refractivity contribution < 1.29 is 17.9 Å². The van der Waals surface area contributed by atoms with Crippen LogP contribution in [0.3, 0.4) is 0 Å². The van der Waals surface area contributed by atoms with Gasteiger partial charge in [0.15, 0.2) is 0 Å². The fourth-order valence-electron chi connectivity index (χ4n) is 2.21. The van der Waals surface area contributed by atoms with Gasteiger partial charge in [0.05, 0.1) is 6.61 Å². The number of benzene rings is 1. The van der Waals surface area contributed by atoms with Crippen molar-refractivity contribution in [3.63, 3.8) is 0 Å². The van der Waals surface area contributed by atoms with Gasteiger partial charge in [-0.3, -0.25) is 9.64 Å². The lowest BCUT2D eigenvalue weighted by Crippen LogP contribution is -2.47. The van der Waals surface area contributed by atoms with Crippen LogP contribution in [-0.4, -0.2) is 44.0 Å². The molecule has 0 radical (unpaired) electrons. The molecule has 1 aliphatic heterocycles. The van der Waals surface area contributed by atoms with Gasteiger partial charge in [-0.15, -0.1) is 13.2 Å². The van der Waals surface area contributed by atoms with Gasteiger partial charge in [-0.2, -0.15) is 0 Å². The smallest absolute Gasteiger partial charge is 0.308 e. The van der Waals surface area contributed by atoms with Crippen molar-refractivity contribution in [2.75, 3.05) is 32.8 Å². The molecule has 1 unspecified atom stereocenters. The molecule has 0 amide bonds. The van der Waals surface area contributed by atoms with Crippen molar-refractivity contribution in [2.24, 2.45) is 0 Å². The summed E-state index contributed by atoms with van der Waals surface area (Å²) in [7, 11) is 0. The Morgan fingerprint density at radius 1 is 1.26 bits per heavy atom. The first-order valence-electron chi connectivity index (χ1n) is 6.26. The summed E-state index contributed by atoms with van der Waals surface area (Å²) in [5, 5.41) is 3.37. The lowest BCUT2D eigenvalue weighted by atomic mass is 10.0. The molecule has 1 aromatic rings. The van der Waals surface area contributed by atoms with E-state index in [1.807, 2.05) is 35.2 Å². The second kappa shape index (κ2) is 6.36. The van der Waals surface area contributed by atoms with E-state index in [0.29, 0.717) is 13.1 Å². The summed E-state index contributed by atoms with van der Waals surface area (Å²) in [6.07, 6.45) is -4.53. The van der Waals surface area contributed by atoms with Gasteiger partial charge in [0.1, 0.15) is 0 Å². The number of hydrogen-bond acceptors (Lipinski definition) is 3. The molecule has 1 saturated heterocycles. The van der Waals surface area contributed by atoms with Crippen LogP contribution in [0.15, 0.2) is 30.3 Å². The quantitative estimate of drug-likeness (QED) is 0.910. The molecular weight excluding hydrogens is 257 g/mol. The first-order chi connectivity index (χ1) is 9.04. The minimum Gasteiger partial charge on any atom is -0.308 e. The summed E-state index contributed by atoms with van der Waals surface area (Å²) in [6, 6.07) is 10.1. The zero-order chi connectivity index (χ0) is 13.7. The van der Waals surface area contributed by atoms with Crippen LogP contribution in [0, 0.1) is 0 Å². The van der Waals surface area contributed by atoms with Crippen LogP contribution in [-0.2, 0) is 4.74 Å². The van der Waals surface area contributed by atoms with Crippen LogP contribution in [0.25, 0.3) is 0 Å². The zero-order valence-corrected chi connectivity index (χ0v) is 10.5. The summed E-state index contributed by atoms with van der Waals surface area (Å²) in [4.78, 5) is 1.99. The predicted octanol–water partition coefficient (Wildman–Crippen LogP) is 2.17. The maximum atomic E-state index is 11.9. The average molecular weight is 274 g/mol. The monoisotopic (exact) mass is 274 g/mol. The number of alkyl halides is 3. The molecule has 1 atom stereocenters. The Labute approximate surface area is 110 Å². The highest BCUT2D eigenvalue weighted by molar-refractivity contribution is 5.19. The highest BCUT2D eigenvalue weighted by Gasteiger charge is 2.29. The topological polar surface area (TPSA) is 24.5 Å². The fourth-order valence-corrected chi connectivity index (χ4v) is 2.21. The van der Waals surface area contributed by atoms with Crippen LogP contribution >= 0.6 is 0 Å². The van der Waals surface area contributed by atoms with Gasteiger partial charge < -0.3 is 5.32 Å². The molecule has 0 aliphatic carbocycles. The second-order valence-electron chi connectivity index (χ2n) is 4.51. The van der Waals surface area contributed by atoms with Crippen molar-refractivity contribution in [3.8, 4) is 0 Å². The average Bonchev–Trinajstić information content (AvgIpc) is 2.39. The number of halogens is 3. The molecular formula is C13H17F3N2O. The summed E-state index contributed by atoms with van der Waals surface area (Å²) in [6.45, 7) is 2.19. The Morgan fingerprint density at radius 2 is 2.00 bits per heavy atom. The van der Waals surface area contributed by atoms with E-state index in [-0.39, 0.29) is 12.6 Å². The van der Waals surface area contributed by atoms with Gasteiger partial charge in [0.25, 0.3) is 0 Å². The molecule has 1 N–H and O–H groups in total. The van der Waals surface area contributed by atoms with E-state index >= 15 is 0 Å². The Hall–Kier alpha value is -1.11. The largest absolute Gasteiger partial charge is 0.522 e. The first kappa shape index (κ1) is 14.3. The van der Waals surface area contributed by atoms with E-state index in [1.165, 1.54) is 0 Å². The van der Waals surface area contributed by atoms with E-state index in [1.54, 1.807) is 0 Å². The molecule has 1 heterocycles. The molecule has 0 spiro atoms. The highest BCUT2D eigenvalue weighted by atomic mass is 19.4. The van der Waals surface area contributed by atoms with Crippen LogP contribution < -0.4 is 5.32 Å². The maximum Gasteiger partial charge on any atom is 0.522 e. The van der Waals surface area contributed by atoms with Crippen molar-refractivity contribution in [3.05, 3.63) is 35.9 Å². The number of nitrogens with one attached hydrogen (secondary N) is 1. The summed E-state index contributed by atoms with van der Waals surface area (Å²) < 4.78 is 39.5. The van der Waals surface area contributed by atoms with Crippen molar-refractivity contribution in [1.29, 1.82) is 0 Å². The number of hydrogen-bond donors (Lipinski definition) is 1. The minimum atomic E-state index is -4.53. The van der Waals surface area contributed by atoms with E-state index in [0.717, 1.165) is 18.7 Å². The molecule has 1 aliphatic rings. The van der Waals surface area contributed by atoms with Crippen molar-refractivity contribution in [2.45, 2.75) is 12.4 Å². The molecule has 106 valence electrons. The maximum absolute atomic E-state index is 11.9. The number of piperazine rings is 1. The van der Waals surface area contributed by atoms with E-state index < -0.39 is 6.36 Å². The van der Waals surface area contributed by atoms with Crippen LogP contribution in [0.4, 0.5) is 13.2 Å². The third-order valence-corrected chi connectivity index (χ3v) is 3.13. The molecule has 6 heteroatoms. The molecule has 2 rings (SSSR count). The van der Waals surface area contributed by atoms with Gasteiger partial charge in [0, 0.05) is 32.2 Å². The Kier molecular flexibility index (Phi) is 4.79. The first-order valence-corrected chi connectivity index (χ1v) is 6.26. The molecule has 3 nitrogen and oxygen atoms in total. The molecule has 0 saturated carbocycles. The van der Waals surface area contributed by atoms with Crippen molar-refractivity contribution >= 4 is 0 Å². The van der Waals surface area contributed by atoms with Gasteiger partial charge in [0.2, 0.25) is 0 Å². The molecule has 1 fully saturated rings. The standard InChI is InChI=1S/C13H17F3N2O/c14-13(15,16)19-9-8-18-7-6-17-12(10-18)11-4-2-1-3-5-11/h1-5,12,17H,6-10H2. The van der Waals surface area contributed by atoms with Gasteiger partial charge >= 0.3 is 6.36 Å². The number of rotatable bonds is 4. The lowest BCUT2D eigenvalue weighted by Gasteiger charge is -2.33. The SMILES string of the molecule is FC(F)(F)OCCN1CCNC(c2ccccc2)C1.